The maximum atomic E-state index is 4.08. The number of hydrogen-bond donors (Lipinski definition) is 0. The summed E-state index contributed by atoms with van der Waals surface area (Å²) in [6, 6.07) is 10.1. The van der Waals surface area contributed by atoms with E-state index in [1.54, 1.807) is 27.9 Å². The summed E-state index contributed by atoms with van der Waals surface area (Å²) >= 11 is 0. The van der Waals surface area contributed by atoms with Gasteiger partial charge in [-0.05, 0) is 144 Å². The van der Waals surface area contributed by atoms with Crippen LogP contribution in [0.4, 0.5) is 5.69 Å². The number of benzene rings is 1. The van der Waals surface area contributed by atoms with Crippen LogP contribution >= 0.6 is 0 Å². The Bertz CT molecular complexity index is 1200. The maximum Gasteiger partial charge on any atom is 0.0468 e. The molecule has 4 aliphatic rings. The van der Waals surface area contributed by atoms with Gasteiger partial charge in [0.15, 0.2) is 0 Å². The summed E-state index contributed by atoms with van der Waals surface area (Å²) < 4.78 is 0. The average molecular weight is 583 g/mol. The van der Waals surface area contributed by atoms with Crippen molar-refractivity contribution in [3.05, 3.63) is 76.5 Å². The van der Waals surface area contributed by atoms with E-state index in [1.165, 1.54) is 102 Å². The Morgan fingerprint density at radius 3 is 2.49 bits per heavy atom. The first kappa shape index (κ1) is 32.2. The first-order valence-electron chi connectivity index (χ1n) is 18.1. The number of allylic oxidation sites excluding steroid dienone is 5. The molecule has 2 heteroatoms. The lowest BCUT2D eigenvalue weighted by Crippen LogP contribution is -2.56. The molecule has 2 fully saturated rings. The van der Waals surface area contributed by atoms with Crippen LogP contribution in [0, 0.1) is 17.3 Å². The van der Waals surface area contributed by atoms with Crippen LogP contribution in [0.5, 0.6) is 0 Å². The highest BCUT2D eigenvalue weighted by atomic mass is 15.2. The quantitative estimate of drug-likeness (QED) is 0.169. The van der Waals surface area contributed by atoms with Gasteiger partial charge in [0.25, 0.3) is 0 Å². The van der Waals surface area contributed by atoms with Crippen LogP contribution in [-0.4, -0.2) is 31.1 Å². The van der Waals surface area contributed by atoms with Crippen molar-refractivity contribution in [2.24, 2.45) is 17.3 Å². The van der Waals surface area contributed by atoms with Crippen molar-refractivity contribution < 1.29 is 0 Å². The van der Waals surface area contributed by atoms with Crippen LogP contribution in [0.2, 0.25) is 0 Å². The Morgan fingerprint density at radius 2 is 1.79 bits per heavy atom. The summed E-state index contributed by atoms with van der Waals surface area (Å²) in [4.78, 5) is 5.11. The molecule has 0 aromatic heterocycles. The van der Waals surface area contributed by atoms with Gasteiger partial charge in [-0.25, -0.2) is 0 Å². The van der Waals surface area contributed by atoms with Crippen LogP contribution in [0.25, 0.3) is 0 Å². The molecule has 0 N–H and O–H groups in total. The third-order valence-electron chi connectivity index (χ3n) is 12.4. The Morgan fingerprint density at radius 1 is 1.02 bits per heavy atom. The Hall–Kier alpha value is -2.22. The molecule has 236 valence electrons. The predicted octanol–water partition coefficient (Wildman–Crippen LogP) is 11.4. The lowest BCUT2D eigenvalue weighted by Gasteiger charge is -2.52. The van der Waals surface area contributed by atoms with Crippen LogP contribution in [0.3, 0.4) is 0 Å². The highest BCUT2D eigenvalue weighted by Gasteiger charge is 2.42. The van der Waals surface area contributed by atoms with Crippen molar-refractivity contribution in [3.8, 4) is 0 Å². The lowest BCUT2D eigenvalue weighted by molar-refractivity contribution is 0.172. The number of nitrogens with zero attached hydrogens (tertiary/aromatic N) is 2. The summed E-state index contributed by atoms with van der Waals surface area (Å²) in [7, 11) is 2.26. The highest BCUT2D eigenvalue weighted by molar-refractivity contribution is 5.52. The van der Waals surface area contributed by atoms with E-state index in [9.17, 15) is 0 Å². The molecule has 3 unspecified atom stereocenters. The molecule has 5 rings (SSSR count). The van der Waals surface area contributed by atoms with E-state index in [0.717, 1.165) is 18.3 Å². The van der Waals surface area contributed by atoms with Crippen molar-refractivity contribution in [1.82, 2.24) is 4.90 Å². The van der Waals surface area contributed by atoms with Crippen molar-refractivity contribution in [2.45, 2.75) is 136 Å². The number of unbranched alkanes of at least 4 members (excludes halogenated alkanes) is 1. The summed E-state index contributed by atoms with van der Waals surface area (Å²) in [5.41, 5.74) is 11.9. The third-order valence-corrected chi connectivity index (χ3v) is 12.4. The van der Waals surface area contributed by atoms with E-state index in [1.807, 2.05) is 5.57 Å². The zero-order valence-corrected chi connectivity index (χ0v) is 28.7. The van der Waals surface area contributed by atoms with Crippen molar-refractivity contribution >= 4 is 5.69 Å². The number of anilines is 1. The lowest BCUT2D eigenvalue weighted by atomic mass is 9.69. The van der Waals surface area contributed by atoms with E-state index in [2.05, 4.69) is 94.6 Å². The molecule has 2 aliphatic carbocycles. The standard InChI is InChI=1S/C41H62N2/c1-8-11-22-41(28-43(29-41)38-20-16-19-36(26-38)35-17-12-13-18-35)23-15-14-21-39-33(9-2)24-37(25-34(39)10-3)40-27-42(7)32(6)30(4)31(40)5/h8,16,19-20,26-27,32-33,35,37H,1,9-15,17-18,21-25,28-29H2,2-7H3. The normalized spacial score (nSPS) is 26.2. The van der Waals surface area contributed by atoms with Crippen LogP contribution in [0.1, 0.15) is 136 Å². The molecule has 1 saturated carbocycles. The fourth-order valence-electron chi connectivity index (χ4n) is 9.22. The largest absolute Gasteiger partial charge is 0.374 e. The zero-order chi connectivity index (χ0) is 30.6. The van der Waals surface area contributed by atoms with Gasteiger partial charge < -0.3 is 9.80 Å². The molecule has 0 bridgehead atoms. The van der Waals surface area contributed by atoms with Gasteiger partial charge in [0.05, 0.1) is 0 Å². The van der Waals surface area contributed by atoms with Crippen molar-refractivity contribution in [2.75, 3.05) is 25.0 Å². The van der Waals surface area contributed by atoms with Gasteiger partial charge in [-0.2, -0.15) is 0 Å². The monoisotopic (exact) mass is 582 g/mol. The SMILES string of the molecule is C=CCCC1(CCCCC2=C(CC)CC(C3=CN(C)C(C)C(C)=C3C)CC2CC)CN(c2cccc(C3CCCC3)c2)C1. The van der Waals surface area contributed by atoms with Crippen LogP contribution in [-0.2, 0) is 0 Å². The average Bonchev–Trinajstić information content (AvgIpc) is 3.56. The van der Waals surface area contributed by atoms with Gasteiger partial charge in [0.2, 0.25) is 0 Å². The minimum Gasteiger partial charge on any atom is -0.374 e. The molecular formula is C41H62N2. The molecule has 1 aromatic carbocycles. The topological polar surface area (TPSA) is 6.48 Å². The van der Waals surface area contributed by atoms with E-state index >= 15 is 0 Å². The minimum absolute atomic E-state index is 0.472. The number of rotatable bonds is 13. The second kappa shape index (κ2) is 14.3. The molecule has 0 spiro atoms. The van der Waals surface area contributed by atoms with Gasteiger partial charge in [-0.3, -0.25) is 0 Å². The smallest absolute Gasteiger partial charge is 0.0468 e. The van der Waals surface area contributed by atoms with Crippen LogP contribution < -0.4 is 4.90 Å². The summed E-state index contributed by atoms with van der Waals surface area (Å²) in [6.45, 7) is 18.5. The second-order valence-corrected chi connectivity index (χ2v) is 14.9. The van der Waals surface area contributed by atoms with E-state index in [0.29, 0.717) is 17.4 Å². The first-order valence-corrected chi connectivity index (χ1v) is 18.1. The van der Waals surface area contributed by atoms with Crippen molar-refractivity contribution in [1.29, 1.82) is 0 Å². The Labute approximate surface area is 265 Å². The molecule has 2 heterocycles. The molecule has 1 aromatic rings. The molecule has 3 atom stereocenters. The number of hydrogen-bond acceptors (Lipinski definition) is 2. The highest BCUT2D eigenvalue weighted by Crippen LogP contribution is 2.47. The van der Waals surface area contributed by atoms with Gasteiger partial charge in [0, 0.05) is 43.5 Å². The molecule has 2 aliphatic heterocycles. The van der Waals surface area contributed by atoms with Crippen LogP contribution in [0.15, 0.2) is 71.0 Å². The zero-order valence-electron chi connectivity index (χ0n) is 28.7. The van der Waals surface area contributed by atoms with E-state index in [-0.39, 0.29) is 0 Å². The third kappa shape index (κ3) is 7.04. The summed E-state index contributed by atoms with van der Waals surface area (Å²) in [6.07, 6.45) is 23.2. The molecule has 43 heavy (non-hydrogen) atoms. The second-order valence-electron chi connectivity index (χ2n) is 14.9. The van der Waals surface area contributed by atoms with Gasteiger partial charge >= 0.3 is 0 Å². The maximum absolute atomic E-state index is 4.08. The van der Waals surface area contributed by atoms with Gasteiger partial charge in [-0.15, -0.1) is 6.58 Å². The molecular weight excluding hydrogens is 520 g/mol. The molecule has 2 nitrogen and oxygen atoms in total. The van der Waals surface area contributed by atoms with Gasteiger partial charge in [0.1, 0.15) is 0 Å². The predicted molar refractivity (Wildman–Crippen MR) is 188 cm³/mol. The van der Waals surface area contributed by atoms with E-state index < -0.39 is 0 Å². The van der Waals surface area contributed by atoms with E-state index in [4.69, 9.17) is 0 Å². The Kier molecular flexibility index (Phi) is 10.7. The van der Waals surface area contributed by atoms with Gasteiger partial charge in [-0.1, -0.05) is 62.5 Å². The molecule has 1 saturated heterocycles. The molecule has 0 amide bonds. The minimum atomic E-state index is 0.472. The summed E-state index contributed by atoms with van der Waals surface area (Å²) in [5.74, 6) is 2.24. The fourth-order valence-corrected chi connectivity index (χ4v) is 9.22. The molecule has 0 radical (unpaired) electrons. The number of likely N-dealkylation sites (N-methyl/N-ethyl adjacent to an activating group) is 1. The Balaban J connectivity index is 1.19. The first-order chi connectivity index (χ1) is 20.8. The van der Waals surface area contributed by atoms with Crippen molar-refractivity contribution in [3.63, 3.8) is 0 Å². The fraction of sp³-hybridized carbons (Fsp3) is 0.659. The summed E-state index contributed by atoms with van der Waals surface area (Å²) in [5, 5.41) is 0.